The predicted octanol–water partition coefficient (Wildman–Crippen LogP) is 3.45. The fourth-order valence-corrected chi connectivity index (χ4v) is 1.27. The average Bonchev–Trinajstić information content (AvgIpc) is 2.14. The van der Waals surface area contributed by atoms with Crippen molar-refractivity contribution in [2.24, 2.45) is 0 Å². The van der Waals surface area contributed by atoms with E-state index < -0.39 is 0 Å². The quantitative estimate of drug-likeness (QED) is 0.450. The topological polar surface area (TPSA) is 20.2 Å². The molecule has 0 aromatic carbocycles. The van der Waals surface area contributed by atoms with Crippen molar-refractivity contribution >= 4 is 0 Å². The van der Waals surface area contributed by atoms with Crippen molar-refractivity contribution < 1.29 is 5.11 Å². The van der Waals surface area contributed by atoms with E-state index in [0.29, 0.717) is 6.61 Å². The van der Waals surface area contributed by atoms with Gasteiger partial charge in [-0.3, -0.25) is 0 Å². The molecule has 76 valence electrons. The van der Waals surface area contributed by atoms with Crippen molar-refractivity contribution in [3.05, 3.63) is 24.3 Å². The summed E-state index contributed by atoms with van der Waals surface area (Å²) in [6.45, 7) is 6.25. The van der Waals surface area contributed by atoms with Crippen LogP contribution in [0, 0.1) is 0 Å². The van der Waals surface area contributed by atoms with E-state index in [1.54, 1.807) is 0 Å². The zero-order valence-corrected chi connectivity index (χ0v) is 8.76. The zero-order valence-electron chi connectivity index (χ0n) is 8.76. The Morgan fingerprint density at radius 2 is 2.15 bits per heavy atom. The minimum absolute atomic E-state index is 0.297. The van der Waals surface area contributed by atoms with E-state index in [4.69, 9.17) is 5.11 Å². The molecule has 0 radical (unpaired) electrons. The van der Waals surface area contributed by atoms with Crippen LogP contribution >= 0.6 is 0 Å². The van der Waals surface area contributed by atoms with Gasteiger partial charge in [0.25, 0.3) is 0 Å². The number of aliphatic hydroxyl groups excluding tert-OH is 1. The van der Waals surface area contributed by atoms with Gasteiger partial charge in [0.1, 0.15) is 0 Å². The lowest BCUT2D eigenvalue weighted by atomic mass is 10.0. The van der Waals surface area contributed by atoms with Gasteiger partial charge < -0.3 is 5.11 Å². The van der Waals surface area contributed by atoms with E-state index in [2.05, 4.69) is 19.6 Å². The molecule has 0 aromatic rings. The summed E-state index contributed by atoms with van der Waals surface area (Å²) in [6.07, 6.45) is 10.8. The second-order valence-corrected chi connectivity index (χ2v) is 3.32. The molecule has 0 aromatic heterocycles. The standard InChI is InChI=1S/C12H22O/c1-3-5-9-12(8-4-2)10-6-7-11-13/h4,10,13H,2-3,5-9,11H2,1H3/b12-10+. The van der Waals surface area contributed by atoms with Gasteiger partial charge in [-0.15, -0.1) is 6.58 Å². The van der Waals surface area contributed by atoms with Crippen molar-refractivity contribution in [2.75, 3.05) is 6.61 Å². The molecule has 13 heavy (non-hydrogen) atoms. The molecule has 0 unspecified atom stereocenters. The normalized spacial score (nSPS) is 11.7. The average molecular weight is 182 g/mol. The van der Waals surface area contributed by atoms with Crippen LogP contribution in [0.1, 0.15) is 45.4 Å². The Morgan fingerprint density at radius 1 is 1.38 bits per heavy atom. The molecule has 0 fully saturated rings. The lowest BCUT2D eigenvalue weighted by Crippen LogP contribution is -1.85. The van der Waals surface area contributed by atoms with Gasteiger partial charge >= 0.3 is 0 Å². The van der Waals surface area contributed by atoms with E-state index in [9.17, 15) is 0 Å². The number of unbranched alkanes of at least 4 members (excludes halogenated alkanes) is 2. The number of hydrogen-bond donors (Lipinski definition) is 1. The highest BCUT2D eigenvalue weighted by atomic mass is 16.2. The third-order valence-electron chi connectivity index (χ3n) is 2.05. The van der Waals surface area contributed by atoms with Crippen LogP contribution in [0.5, 0.6) is 0 Å². The van der Waals surface area contributed by atoms with E-state index >= 15 is 0 Å². The Morgan fingerprint density at radius 3 is 2.69 bits per heavy atom. The van der Waals surface area contributed by atoms with E-state index in [1.807, 2.05) is 6.08 Å². The summed E-state index contributed by atoms with van der Waals surface area (Å²) in [4.78, 5) is 0. The van der Waals surface area contributed by atoms with Crippen LogP contribution in [0.3, 0.4) is 0 Å². The fourth-order valence-electron chi connectivity index (χ4n) is 1.27. The SMILES string of the molecule is C=CC/C(=C\CCCO)CCCC. The Labute approximate surface area is 82.2 Å². The monoisotopic (exact) mass is 182 g/mol. The molecule has 1 N–H and O–H groups in total. The Kier molecular flexibility index (Phi) is 9.12. The number of rotatable bonds is 8. The Hall–Kier alpha value is -0.560. The Balaban J connectivity index is 3.75. The first-order valence-corrected chi connectivity index (χ1v) is 5.24. The highest BCUT2D eigenvalue weighted by Crippen LogP contribution is 2.13. The second-order valence-electron chi connectivity index (χ2n) is 3.32. The van der Waals surface area contributed by atoms with E-state index in [1.165, 1.54) is 24.8 Å². The van der Waals surface area contributed by atoms with Gasteiger partial charge in [-0.25, -0.2) is 0 Å². The van der Waals surface area contributed by atoms with Gasteiger partial charge in [0.05, 0.1) is 0 Å². The van der Waals surface area contributed by atoms with Crippen molar-refractivity contribution in [2.45, 2.75) is 45.4 Å². The van der Waals surface area contributed by atoms with Crippen molar-refractivity contribution in [1.29, 1.82) is 0 Å². The highest BCUT2D eigenvalue weighted by Gasteiger charge is 1.93. The molecule has 0 bridgehead atoms. The van der Waals surface area contributed by atoms with Gasteiger partial charge in [0, 0.05) is 6.61 Å². The summed E-state index contributed by atoms with van der Waals surface area (Å²) >= 11 is 0. The second kappa shape index (κ2) is 9.53. The molecule has 0 spiro atoms. The molecule has 0 aliphatic carbocycles. The van der Waals surface area contributed by atoms with Crippen LogP contribution in [0.25, 0.3) is 0 Å². The van der Waals surface area contributed by atoms with Crippen molar-refractivity contribution in [3.8, 4) is 0 Å². The van der Waals surface area contributed by atoms with Crippen LogP contribution in [-0.4, -0.2) is 11.7 Å². The lowest BCUT2D eigenvalue weighted by molar-refractivity contribution is 0.289. The van der Waals surface area contributed by atoms with Crippen LogP contribution in [0.4, 0.5) is 0 Å². The number of aliphatic hydroxyl groups is 1. The van der Waals surface area contributed by atoms with E-state index in [0.717, 1.165) is 19.3 Å². The third-order valence-corrected chi connectivity index (χ3v) is 2.05. The molecular weight excluding hydrogens is 160 g/mol. The van der Waals surface area contributed by atoms with Gasteiger partial charge in [0.15, 0.2) is 0 Å². The molecule has 0 aliphatic heterocycles. The number of allylic oxidation sites excluding steroid dienone is 3. The first-order valence-electron chi connectivity index (χ1n) is 5.24. The maximum absolute atomic E-state index is 8.64. The third kappa shape index (κ3) is 7.79. The Bertz CT molecular complexity index is 147. The fraction of sp³-hybridized carbons (Fsp3) is 0.667. The summed E-state index contributed by atoms with van der Waals surface area (Å²) in [5.74, 6) is 0. The van der Waals surface area contributed by atoms with Crippen molar-refractivity contribution in [3.63, 3.8) is 0 Å². The molecule has 0 rings (SSSR count). The summed E-state index contributed by atoms with van der Waals surface area (Å²) in [5.41, 5.74) is 1.48. The maximum atomic E-state index is 8.64. The first-order chi connectivity index (χ1) is 6.35. The molecular formula is C12H22O. The van der Waals surface area contributed by atoms with Crippen LogP contribution in [-0.2, 0) is 0 Å². The minimum atomic E-state index is 0.297. The molecule has 0 atom stereocenters. The van der Waals surface area contributed by atoms with E-state index in [-0.39, 0.29) is 0 Å². The van der Waals surface area contributed by atoms with Crippen LogP contribution < -0.4 is 0 Å². The maximum Gasteiger partial charge on any atom is 0.0433 e. The summed E-state index contributed by atoms with van der Waals surface area (Å²) in [7, 11) is 0. The molecule has 0 aliphatic rings. The van der Waals surface area contributed by atoms with Crippen LogP contribution in [0.15, 0.2) is 24.3 Å². The first kappa shape index (κ1) is 12.4. The highest BCUT2D eigenvalue weighted by molar-refractivity contribution is 5.06. The van der Waals surface area contributed by atoms with Gasteiger partial charge in [0.2, 0.25) is 0 Å². The van der Waals surface area contributed by atoms with Crippen LogP contribution in [0.2, 0.25) is 0 Å². The molecule has 0 amide bonds. The summed E-state index contributed by atoms with van der Waals surface area (Å²) < 4.78 is 0. The summed E-state index contributed by atoms with van der Waals surface area (Å²) in [5, 5.41) is 8.64. The zero-order chi connectivity index (χ0) is 9.94. The molecule has 1 nitrogen and oxygen atoms in total. The molecule has 0 saturated carbocycles. The largest absolute Gasteiger partial charge is 0.396 e. The van der Waals surface area contributed by atoms with Gasteiger partial charge in [-0.1, -0.05) is 31.1 Å². The molecule has 1 heteroatoms. The molecule has 0 saturated heterocycles. The lowest BCUT2D eigenvalue weighted by Gasteiger charge is -2.03. The summed E-state index contributed by atoms with van der Waals surface area (Å²) in [6, 6.07) is 0. The smallest absolute Gasteiger partial charge is 0.0433 e. The van der Waals surface area contributed by atoms with Crippen molar-refractivity contribution in [1.82, 2.24) is 0 Å². The molecule has 0 heterocycles. The number of hydrogen-bond acceptors (Lipinski definition) is 1. The van der Waals surface area contributed by atoms with Gasteiger partial charge in [-0.05, 0) is 32.1 Å². The van der Waals surface area contributed by atoms with Gasteiger partial charge in [-0.2, -0.15) is 0 Å². The minimum Gasteiger partial charge on any atom is -0.396 e. The predicted molar refractivity (Wildman–Crippen MR) is 58.7 cm³/mol.